The van der Waals surface area contributed by atoms with Gasteiger partial charge in [-0.15, -0.1) is 0 Å². The highest BCUT2D eigenvalue weighted by molar-refractivity contribution is 5.77. The van der Waals surface area contributed by atoms with Crippen LogP contribution in [0, 0.1) is 5.92 Å². The molecule has 1 N–H and O–H groups in total. The van der Waals surface area contributed by atoms with E-state index in [9.17, 15) is 4.79 Å². The van der Waals surface area contributed by atoms with Crippen molar-refractivity contribution < 1.29 is 4.79 Å². The molecular weight excluding hydrogens is 300 g/mol. The maximum atomic E-state index is 11.7. The standard InChI is InChI=1S/C19H26N4O/c1-2-20-18(24)15-22-11-8-16(9-12-22)14-23-13-10-21-19(23)17-6-4-3-5-7-17/h3-7,10,13,16H,2,8-9,11-12,14-15H2,1H3,(H,20,24). The Bertz CT molecular complexity index is 644. The number of amides is 1. The van der Waals surface area contributed by atoms with E-state index in [1.807, 2.05) is 31.3 Å². The average Bonchev–Trinajstić information content (AvgIpc) is 3.06. The normalized spacial score (nSPS) is 16.2. The van der Waals surface area contributed by atoms with Gasteiger partial charge in [-0.2, -0.15) is 0 Å². The van der Waals surface area contributed by atoms with Crippen molar-refractivity contribution in [1.82, 2.24) is 19.8 Å². The molecule has 3 rings (SSSR count). The summed E-state index contributed by atoms with van der Waals surface area (Å²) in [5, 5.41) is 2.87. The van der Waals surface area contributed by atoms with Gasteiger partial charge >= 0.3 is 0 Å². The highest BCUT2D eigenvalue weighted by atomic mass is 16.2. The minimum atomic E-state index is 0.136. The summed E-state index contributed by atoms with van der Waals surface area (Å²) in [7, 11) is 0. The molecule has 0 bridgehead atoms. The minimum Gasteiger partial charge on any atom is -0.355 e. The van der Waals surface area contributed by atoms with Crippen LogP contribution in [-0.2, 0) is 11.3 Å². The van der Waals surface area contributed by atoms with Crippen LogP contribution in [0.15, 0.2) is 42.7 Å². The van der Waals surface area contributed by atoms with Gasteiger partial charge in [-0.1, -0.05) is 30.3 Å². The Hall–Kier alpha value is -2.14. The highest BCUT2D eigenvalue weighted by Gasteiger charge is 2.21. The molecule has 5 heteroatoms. The van der Waals surface area contributed by atoms with Gasteiger partial charge in [-0.05, 0) is 38.8 Å². The Kier molecular flexibility index (Phi) is 5.64. The molecule has 0 radical (unpaired) electrons. The first-order valence-electron chi connectivity index (χ1n) is 8.82. The number of likely N-dealkylation sites (tertiary alicyclic amines) is 1. The van der Waals surface area contributed by atoms with E-state index >= 15 is 0 Å². The first-order chi connectivity index (χ1) is 11.8. The Morgan fingerprint density at radius 2 is 2.00 bits per heavy atom. The van der Waals surface area contributed by atoms with Crippen LogP contribution in [0.3, 0.4) is 0 Å². The summed E-state index contributed by atoms with van der Waals surface area (Å²) in [4.78, 5) is 18.5. The summed E-state index contributed by atoms with van der Waals surface area (Å²) in [6, 6.07) is 10.3. The van der Waals surface area contributed by atoms with Crippen LogP contribution in [0.1, 0.15) is 19.8 Å². The third-order valence-electron chi connectivity index (χ3n) is 4.65. The summed E-state index contributed by atoms with van der Waals surface area (Å²) in [5.74, 6) is 1.82. The SMILES string of the molecule is CCNC(=O)CN1CCC(Cn2ccnc2-c2ccccc2)CC1. The lowest BCUT2D eigenvalue weighted by atomic mass is 9.96. The lowest BCUT2D eigenvalue weighted by molar-refractivity contribution is -0.122. The van der Waals surface area contributed by atoms with E-state index in [2.05, 4.69) is 38.1 Å². The Balaban J connectivity index is 1.54. The molecule has 0 spiro atoms. The predicted octanol–water partition coefficient (Wildman–Crippen LogP) is 2.40. The Labute approximate surface area is 143 Å². The molecule has 1 aliphatic heterocycles. The minimum absolute atomic E-state index is 0.136. The zero-order valence-corrected chi connectivity index (χ0v) is 14.3. The first-order valence-corrected chi connectivity index (χ1v) is 8.82. The number of rotatable bonds is 6. The number of likely N-dealkylation sites (N-methyl/N-ethyl adjacent to an activating group) is 1. The van der Waals surface area contributed by atoms with Gasteiger partial charge < -0.3 is 9.88 Å². The van der Waals surface area contributed by atoms with E-state index in [1.54, 1.807) is 0 Å². The molecule has 1 aliphatic rings. The first kappa shape index (κ1) is 16.7. The second-order valence-electron chi connectivity index (χ2n) is 6.44. The molecule has 0 saturated carbocycles. The Morgan fingerprint density at radius 3 is 2.71 bits per heavy atom. The summed E-state index contributed by atoms with van der Waals surface area (Å²) < 4.78 is 2.26. The molecule has 1 fully saturated rings. The van der Waals surface area contributed by atoms with Gasteiger partial charge in [0.2, 0.25) is 5.91 Å². The van der Waals surface area contributed by atoms with Gasteiger partial charge in [0.15, 0.2) is 0 Å². The van der Waals surface area contributed by atoms with E-state index in [0.717, 1.165) is 43.9 Å². The number of hydrogen-bond donors (Lipinski definition) is 1. The molecule has 1 aromatic heterocycles. The van der Waals surface area contributed by atoms with Crippen molar-refractivity contribution in [2.45, 2.75) is 26.3 Å². The van der Waals surface area contributed by atoms with Crippen molar-refractivity contribution in [1.29, 1.82) is 0 Å². The molecule has 5 nitrogen and oxygen atoms in total. The van der Waals surface area contributed by atoms with Crippen molar-refractivity contribution in [3.63, 3.8) is 0 Å². The van der Waals surface area contributed by atoms with Crippen molar-refractivity contribution in [3.05, 3.63) is 42.7 Å². The van der Waals surface area contributed by atoms with E-state index in [0.29, 0.717) is 19.0 Å². The van der Waals surface area contributed by atoms with Crippen molar-refractivity contribution in [3.8, 4) is 11.4 Å². The number of hydrogen-bond acceptors (Lipinski definition) is 3. The second-order valence-corrected chi connectivity index (χ2v) is 6.44. The summed E-state index contributed by atoms with van der Waals surface area (Å²) >= 11 is 0. The number of piperidine rings is 1. The van der Waals surface area contributed by atoms with E-state index < -0.39 is 0 Å². The number of aromatic nitrogens is 2. The molecule has 0 atom stereocenters. The number of imidazole rings is 1. The van der Waals surface area contributed by atoms with Crippen LogP contribution in [0.25, 0.3) is 11.4 Å². The lowest BCUT2D eigenvalue weighted by Crippen LogP contribution is -2.42. The van der Waals surface area contributed by atoms with Crippen LogP contribution < -0.4 is 5.32 Å². The molecule has 2 heterocycles. The number of carbonyl (C=O) groups excluding carboxylic acids is 1. The molecule has 24 heavy (non-hydrogen) atoms. The monoisotopic (exact) mass is 326 g/mol. The van der Waals surface area contributed by atoms with Gasteiger partial charge in [0.25, 0.3) is 0 Å². The van der Waals surface area contributed by atoms with Crippen LogP contribution in [0.2, 0.25) is 0 Å². The largest absolute Gasteiger partial charge is 0.355 e. The van der Waals surface area contributed by atoms with Gasteiger partial charge in [0.1, 0.15) is 5.82 Å². The summed E-state index contributed by atoms with van der Waals surface area (Å²) in [6.07, 6.45) is 6.22. The Morgan fingerprint density at radius 1 is 1.25 bits per heavy atom. The van der Waals surface area contributed by atoms with Crippen LogP contribution in [-0.4, -0.2) is 46.5 Å². The lowest BCUT2D eigenvalue weighted by Gasteiger charge is -2.31. The third kappa shape index (κ3) is 4.23. The maximum Gasteiger partial charge on any atom is 0.234 e. The van der Waals surface area contributed by atoms with E-state index in [-0.39, 0.29) is 5.91 Å². The molecule has 1 saturated heterocycles. The van der Waals surface area contributed by atoms with Crippen LogP contribution in [0.5, 0.6) is 0 Å². The number of carbonyl (C=O) groups is 1. The van der Waals surface area contributed by atoms with Crippen molar-refractivity contribution >= 4 is 5.91 Å². The average molecular weight is 326 g/mol. The van der Waals surface area contributed by atoms with E-state index in [1.165, 1.54) is 0 Å². The zero-order valence-electron chi connectivity index (χ0n) is 14.3. The summed E-state index contributed by atoms with van der Waals surface area (Å²) in [6.45, 7) is 6.19. The molecular formula is C19H26N4O. The molecule has 0 unspecified atom stereocenters. The van der Waals surface area contributed by atoms with Crippen LogP contribution >= 0.6 is 0 Å². The molecule has 2 aromatic rings. The number of nitrogens with one attached hydrogen (secondary N) is 1. The third-order valence-corrected chi connectivity index (χ3v) is 4.65. The number of benzene rings is 1. The fourth-order valence-corrected chi connectivity index (χ4v) is 3.37. The predicted molar refractivity (Wildman–Crippen MR) is 95.5 cm³/mol. The summed E-state index contributed by atoms with van der Waals surface area (Å²) in [5.41, 5.74) is 1.16. The maximum absolute atomic E-state index is 11.7. The van der Waals surface area contributed by atoms with Crippen molar-refractivity contribution in [2.24, 2.45) is 5.92 Å². The quantitative estimate of drug-likeness (QED) is 0.887. The van der Waals surface area contributed by atoms with Crippen molar-refractivity contribution in [2.75, 3.05) is 26.2 Å². The van der Waals surface area contributed by atoms with Gasteiger partial charge in [-0.3, -0.25) is 9.69 Å². The highest BCUT2D eigenvalue weighted by Crippen LogP contribution is 2.23. The zero-order chi connectivity index (χ0) is 16.8. The number of nitrogens with zero attached hydrogens (tertiary/aromatic N) is 3. The molecule has 0 aliphatic carbocycles. The van der Waals surface area contributed by atoms with Gasteiger partial charge in [0.05, 0.1) is 6.54 Å². The van der Waals surface area contributed by atoms with Gasteiger partial charge in [0, 0.05) is 31.0 Å². The van der Waals surface area contributed by atoms with E-state index in [4.69, 9.17) is 0 Å². The fourth-order valence-electron chi connectivity index (χ4n) is 3.37. The molecule has 1 amide bonds. The van der Waals surface area contributed by atoms with Gasteiger partial charge in [-0.25, -0.2) is 4.98 Å². The topological polar surface area (TPSA) is 50.2 Å². The molecule has 1 aromatic carbocycles. The fraction of sp³-hybridized carbons (Fsp3) is 0.474. The molecule has 128 valence electrons. The van der Waals surface area contributed by atoms with Crippen LogP contribution in [0.4, 0.5) is 0 Å². The second kappa shape index (κ2) is 8.11. The smallest absolute Gasteiger partial charge is 0.234 e.